The van der Waals surface area contributed by atoms with E-state index in [1.807, 2.05) is 0 Å². The smallest absolute Gasteiger partial charge is 0.400 e. The highest BCUT2D eigenvalue weighted by Gasteiger charge is 2.45. The maximum atomic E-state index is 14.8. The summed E-state index contributed by atoms with van der Waals surface area (Å²) in [5.74, 6) is -3.82. The summed E-state index contributed by atoms with van der Waals surface area (Å²) in [5, 5.41) is 0. The Hall–Kier alpha value is -1.86. The molecular formula is C26H34F6O2. The van der Waals surface area contributed by atoms with Crippen LogP contribution in [0, 0.1) is 35.3 Å². The minimum absolute atomic E-state index is 0.131. The summed E-state index contributed by atoms with van der Waals surface area (Å²) in [6.45, 7) is 2.21. The molecule has 0 N–H and O–H groups in total. The second-order valence-corrected chi connectivity index (χ2v) is 9.79. The molecule has 1 aromatic rings. The van der Waals surface area contributed by atoms with E-state index in [1.54, 1.807) is 0 Å². The first-order valence-corrected chi connectivity index (χ1v) is 12.4. The van der Waals surface area contributed by atoms with Gasteiger partial charge in [0.15, 0.2) is 23.6 Å². The van der Waals surface area contributed by atoms with E-state index in [9.17, 15) is 26.3 Å². The number of alkyl halides is 2. The topological polar surface area (TPSA) is 18.5 Å². The molecule has 2 nitrogen and oxygen atoms in total. The molecule has 0 amide bonds. The van der Waals surface area contributed by atoms with Crippen LogP contribution in [0.5, 0.6) is 11.5 Å². The molecule has 0 unspecified atom stereocenters. The summed E-state index contributed by atoms with van der Waals surface area (Å²) in [5.41, 5.74) is 0. The van der Waals surface area contributed by atoms with Gasteiger partial charge < -0.3 is 9.47 Å². The van der Waals surface area contributed by atoms with E-state index in [1.165, 1.54) is 51.4 Å². The van der Waals surface area contributed by atoms with Crippen LogP contribution in [0.2, 0.25) is 0 Å². The van der Waals surface area contributed by atoms with E-state index < -0.39 is 41.2 Å². The van der Waals surface area contributed by atoms with Gasteiger partial charge in [-0.3, -0.25) is 0 Å². The number of rotatable bonds is 10. The predicted molar refractivity (Wildman–Crippen MR) is 118 cm³/mol. The van der Waals surface area contributed by atoms with E-state index in [0.717, 1.165) is 5.92 Å². The molecule has 2 aliphatic carbocycles. The highest BCUT2D eigenvalue weighted by molar-refractivity contribution is 5.35. The number of halogens is 6. The van der Waals surface area contributed by atoms with Crippen molar-refractivity contribution in [2.24, 2.45) is 23.7 Å². The molecule has 0 atom stereocenters. The number of hydrogen-bond donors (Lipinski definition) is 0. The van der Waals surface area contributed by atoms with Crippen LogP contribution in [-0.4, -0.2) is 6.11 Å². The lowest BCUT2D eigenvalue weighted by Gasteiger charge is -2.39. The zero-order chi connectivity index (χ0) is 24.7. The van der Waals surface area contributed by atoms with Crippen molar-refractivity contribution >= 4 is 0 Å². The lowest BCUT2D eigenvalue weighted by Crippen LogP contribution is -2.38. The lowest BCUT2D eigenvalue weighted by molar-refractivity contribution is -0.224. The van der Waals surface area contributed by atoms with Crippen LogP contribution in [-0.2, 0) is 0 Å². The van der Waals surface area contributed by atoms with Gasteiger partial charge in [0.25, 0.3) is 0 Å². The van der Waals surface area contributed by atoms with E-state index >= 15 is 0 Å². The standard InChI is InChI=1S/C26H34F6O2/c1-2-3-4-5-17-6-8-18(9-7-17)19-10-12-20(13-11-19)26(31,32)34-21-14-22(27)25(23(28)15-21)33-16-24(29)30/h14-20H,2-13H2,1H3. The Morgan fingerprint density at radius 3 is 2.00 bits per heavy atom. The second-order valence-electron chi connectivity index (χ2n) is 9.79. The van der Waals surface area contributed by atoms with Crippen LogP contribution in [0.4, 0.5) is 26.3 Å². The number of hydrogen-bond acceptors (Lipinski definition) is 2. The largest absolute Gasteiger partial charge is 0.453 e. The first-order valence-electron chi connectivity index (χ1n) is 12.4. The van der Waals surface area contributed by atoms with E-state index in [0.29, 0.717) is 49.7 Å². The molecule has 2 fully saturated rings. The Bertz CT molecular complexity index is 785. The zero-order valence-electron chi connectivity index (χ0n) is 19.6. The van der Waals surface area contributed by atoms with Gasteiger partial charge in [-0.05, 0) is 56.3 Å². The molecule has 34 heavy (non-hydrogen) atoms. The average Bonchev–Trinajstić information content (AvgIpc) is 2.79. The Balaban J connectivity index is 1.50. The summed E-state index contributed by atoms with van der Waals surface area (Å²) in [4.78, 5) is 0. The van der Waals surface area contributed by atoms with Crippen molar-refractivity contribution in [1.82, 2.24) is 0 Å². The average molecular weight is 493 g/mol. The van der Waals surface area contributed by atoms with Crippen LogP contribution >= 0.6 is 0 Å². The summed E-state index contributed by atoms with van der Waals surface area (Å²) >= 11 is 0. The highest BCUT2D eigenvalue weighted by Crippen LogP contribution is 2.46. The number of unbranched alkanes of at least 4 members (excludes halogenated alkanes) is 2. The van der Waals surface area contributed by atoms with Gasteiger partial charge in [0.1, 0.15) is 5.75 Å². The summed E-state index contributed by atoms with van der Waals surface area (Å²) in [7, 11) is 0. The normalized spacial score (nSPS) is 25.6. The van der Waals surface area contributed by atoms with Gasteiger partial charge in [-0.15, -0.1) is 0 Å². The van der Waals surface area contributed by atoms with E-state index in [2.05, 4.69) is 11.7 Å². The highest BCUT2D eigenvalue weighted by atomic mass is 19.3. The fourth-order valence-corrected chi connectivity index (χ4v) is 5.61. The van der Waals surface area contributed by atoms with Crippen molar-refractivity contribution in [3.05, 3.63) is 36.1 Å². The van der Waals surface area contributed by atoms with Gasteiger partial charge in [0, 0.05) is 12.1 Å². The van der Waals surface area contributed by atoms with Crippen molar-refractivity contribution in [1.29, 1.82) is 0 Å². The molecule has 2 aliphatic rings. The van der Waals surface area contributed by atoms with Gasteiger partial charge in [0.05, 0.1) is 5.92 Å². The molecule has 192 valence electrons. The molecule has 1 aromatic carbocycles. The Kier molecular flexibility index (Phi) is 9.60. The van der Waals surface area contributed by atoms with Gasteiger partial charge in [-0.1, -0.05) is 45.4 Å². The first-order chi connectivity index (χ1) is 16.2. The molecule has 8 heteroatoms. The molecule has 0 bridgehead atoms. The Labute approximate surface area is 197 Å². The summed E-state index contributed by atoms with van der Waals surface area (Å²) in [6.07, 6.45) is 5.90. The molecule has 0 aliphatic heterocycles. The summed E-state index contributed by atoms with van der Waals surface area (Å²) in [6, 6.07) is 1.03. The third-order valence-corrected chi connectivity index (χ3v) is 7.51. The first kappa shape index (κ1) is 26.7. The SMILES string of the molecule is CCCCCC1CCC(C2CCC(C(F)(F)Oc3cc(F)c(OC=C(F)F)c(F)c3)CC2)CC1. The molecule has 3 rings (SSSR count). The number of ether oxygens (including phenoxy) is 2. The van der Waals surface area contributed by atoms with Crippen molar-refractivity contribution in [2.45, 2.75) is 90.1 Å². The molecule has 0 radical (unpaired) electrons. The predicted octanol–water partition coefficient (Wildman–Crippen LogP) is 9.25. The van der Waals surface area contributed by atoms with Gasteiger partial charge >= 0.3 is 12.2 Å². The Morgan fingerprint density at radius 2 is 1.47 bits per heavy atom. The fraction of sp³-hybridized carbons (Fsp3) is 0.692. The van der Waals surface area contributed by atoms with Crippen molar-refractivity contribution < 1.29 is 35.8 Å². The maximum Gasteiger partial charge on any atom is 0.400 e. The van der Waals surface area contributed by atoms with Crippen molar-refractivity contribution in [3.63, 3.8) is 0 Å². The van der Waals surface area contributed by atoms with Crippen LogP contribution in [0.1, 0.15) is 84.0 Å². The minimum atomic E-state index is -3.59. The van der Waals surface area contributed by atoms with Gasteiger partial charge in [0.2, 0.25) is 0 Å². The maximum absolute atomic E-state index is 14.8. The zero-order valence-corrected chi connectivity index (χ0v) is 19.6. The van der Waals surface area contributed by atoms with Gasteiger partial charge in [-0.2, -0.15) is 17.6 Å². The molecule has 0 spiro atoms. The van der Waals surface area contributed by atoms with Crippen LogP contribution in [0.25, 0.3) is 0 Å². The van der Waals surface area contributed by atoms with E-state index in [-0.39, 0.29) is 6.26 Å². The number of benzene rings is 1. The van der Waals surface area contributed by atoms with Crippen LogP contribution in [0.3, 0.4) is 0 Å². The molecule has 0 heterocycles. The minimum Gasteiger partial charge on any atom is -0.453 e. The second kappa shape index (κ2) is 12.2. The van der Waals surface area contributed by atoms with Gasteiger partial charge in [-0.25, -0.2) is 8.78 Å². The quantitative estimate of drug-likeness (QED) is 0.184. The molecule has 2 saturated carbocycles. The van der Waals surface area contributed by atoms with Crippen molar-refractivity contribution in [2.75, 3.05) is 0 Å². The third-order valence-electron chi connectivity index (χ3n) is 7.51. The molecule has 0 aromatic heterocycles. The monoisotopic (exact) mass is 492 g/mol. The van der Waals surface area contributed by atoms with E-state index in [4.69, 9.17) is 4.74 Å². The molecular weight excluding hydrogens is 458 g/mol. The summed E-state index contributed by atoms with van der Waals surface area (Å²) < 4.78 is 90.6. The Morgan fingerprint density at radius 1 is 0.912 bits per heavy atom. The third kappa shape index (κ3) is 7.32. The van der Waals surface area contributed by atoms with Crippen LogP contribution < -0.4 is 9.47 Å². The van der Waals surface area contributed by atoms with Crippen LogP contribution in [0.15, 0.2) is 24.5 Å². The molecule has 0 saturated heterocycles. The fourth-order valence-electron chi connectivity index (χ4n) is 5.61. The lowest BCUT2D eigenvalue weighted by atomic mass is 9.68. The van der Waals surface area contributed by atoms with Crippen molar-refractivity contribution in [3.8, 4) is 11.5 Å².